The van der Waals surface area contributed by atoms with E-state index in [4.69, 9.17) is 18.6 Å². The zero-order chi connectivity index (χ0) is 22.6. The van der Waals surface area contributed by atoms with Gasteiger partial charge in [-0.15, -0.1) is 0 Å². The molecule has 10 heteroatoms. The number of rotatable bonds is 10. The number of amides is 1. The second-order valence-corrected chi connectivity index (χ2v) is 10.1. The van der Waals surface area contributed by atoms with Gasteiger partial charge in [0.05, 0.1) is 31.2 Å². The number of furan rings is 1. The highest BCUT2D eigenvalue weighted by atomic mass is 32.2. The van der Waals surface area contributed by atoms with E-state index in [-0.39, 0.29) is 50.7 Å². The summed E-state index contributed by atoms with van der Waals surface area (Å²) in [6, 6.07) is 9.04. The SMILES string of the molecule is CCS(=O)(=O)N(CC(=O)N(Cc1ccc2c(c1)OCO2)Cc1ccco1)CC1CCCO1. The van der Waals surface area contributed by atoms with E-state index >= 15 is 0 Å². The molecule has 0 aliphatic carbocycles. The molecule has 174 valence electrons. The fourth-order valence-corrected chi connectivity index (χ4v) is 4.87. The van der Waals surface area contributed by atoms with Gasteiger partial charge in [0.25, 0.3) is 0 Å². The van der Waals surface area contributed by atoms with Crippen LogP contribution in [-0.4, -0.2) is 61.9 Å². The number of benzene rings is 1. The lowest BCUT2D eigenvalue weighted by Crippen LogP contribution is -2.45. The van der Waals surface area contributed by atoms with Gasteiger partial charge in [-0.25, -0.2) is 8.42 Å². The molecular formula is C22H28N2O7S. The number of hydrogen-bond donors (Lipinski definition) is 0. The quantitative estimate of drug-likeness (QED) is 0.532. The minimum absolute atomic E-state index is 0.0760. The van der Waals surface area contributed by atoms with Crippen LogP contribution in [0.3, 0.4) is 0 Å². The standard InChI is InChI=1S/C22H28N2O7S/c1-2-32(26,27)24(14-19-6-4-10-29-19)15-22(25)23(13-18-5-3-9-28-18)12-17-7-8-20-21(11-17)31-16-30-20/h3,5,7-9,11,19H,2,4,6,10,12-16H2,1H3. The highest BCUT2D eigenvalue weighted by molar-refractivity contribution is 7.89. The van der Waals surface area contributed by atoms with Gasteiger partial charge in [0.2, 0.25) is 22.7 Å². The van der Waals surface area contributed by atoms with Crippen molar-refractivity contribution in [2.24, 2.45) is 0 Å². The lowest BCUT2D eigenvalue weighted by Gasteiger charge is -2.28. The average Bonchev–Trinajstić information content (AvgIpc) is 3.55. The van der Waals surface area contributed by atoms with Crippen molar-refractivity contribution in [2.75, 3.05) is 32.2 Å². The van der Waals surface area contributed by atoms with E-state index in [0.29, 0.717) is 23.9 Å². The molecule has 1 aromatic heterocycles. The van der Waals surface area contributed by atoms with E-state index in [2.05, 4.69) is 0 Å². The molecule has 2 aliphatic rings. The molecule has 2 aliphatic heterocycles. The van der Waals surface area contributed by atoms with Crippen LogP contribution in [-0.2, 0) is 32.6 Å². The molecule has 1 aromatic carbocycles. The summed E-state index contributed by atoms with van der Waals surface area (Å²) in [5.41, 5.74) is 0.846. The molecule has 1 fully saturated rings. The monoisotopic (exact) mass is 464 g/mol. The number of fused-ring (bicyclic) bond motifs is 1. The van der Waals surface area contributed by atoms with Crippen molar-refractivity contribution in [3.8, 4) is 11.5 Å². The Hall–Kier alpha value is -2.56. The summed E-state index contributed by atoms with van der Waals surface area (Å²) in [6.45, 7) is 2.79. The third kappa shape index (κ3) is 5.43. The van der Waals surface area contributed by atoms with Gasteiger partial charge >= 0.3 is 0 Å². The maximum Gasteiger partial charge on any atom is 0.238 e. The summed E-state index contributed by atoms with van der Waals surface area (Å²) >= 11 is 0. The molecular weight excluding hydrogens is 436 g/mol. The molecule has 0 spiro atoms. The minimum atomic E-state index is -3.57. The number of ether oxygens (including phenoxy) is 3. The summed E-state index contributed by atoms with van der Waals surface area (Å²) in [7, 11) is -3.57. The highest BCUT2D eigenvalue weighted by Crippen LogP contribution is 2.33. The average molecular weight is 465 g/mol. The first-order chi connectivity index (χ1) is 15.4. The Morgan fingerprint density at radius 3 is 2.72 bits per heavy atom. The molecule has 1 unspecified atom stereocenters. The third-order valence-electron chi connectivity index (χ3n) is 5.59. The summed E-state index contributed by atoms with van der Waals surface area (Å²) in [6.07, 6.45) is 3.05. The predicted molar refractivity (Wildman–Crippen MR) is 116 cm³/mol. The van der Waals surface area contributed by atoms with Gasteiger partial charge in [-0.2, -0.15) is 4.31 Å². The van der Waals surface area contributed by atoms with Crippen molar-refractivity contribution in [1.29, 1.82) is 0 Å². The zero-order valence-electron chi connectivity index (χ0n) is 18.1. The molecule has 0 N–H and O–H groups in total. The van der Waals surface area contributed by atoms with Crippen molar-refractivity contribution < 1.29 is 31.8 Å². The summed E-state index contributed by atoms with van der Waals surface area (Å²) in [5, 5.41) is 0. The Kier molecular flexibility index (Phi) is 7.02. The van der Waals surface area contributed by atoms with Crippen molar-refractivity contribution in [3.63, 3.8) is 0 Å². The van der Waals surface area contributed by atoms with Crippen LogP contribution < -0.4 is 9.47 Å². The van der Waals surface area contributed by atoms with Gasteiger partial charge in [-0.1, -0.05) is 6.07 Å². The maximum absolute atomic E-state index is 13.3. The van der Waals surface area contributed by atoms with Gasteiger partial charge in [0.1, 0.15) is 5.76 Å². The molecule has 0 saturated carbocycles. The van der Waals surface area contributed by atoms with Crippen LogP contribution in [0, 0.1) is 0 Å². The third-order valence-corrected chi connectivity index (χ3v) is 7.39. The van der Waals surface area contributed by atoms with Crippen LogP contribution in [0.25, 0.3) is 0 Å². The largest absolute Gasteiger partial charge is 0.467 e. The molecule has 4 rings (SSSR count). The van der Waals surface area contributed by atoms with Gasteiger partial charge in [-0.05, 0) is 49.6 Å². The molecule has 0 bridgehead atoms. The van der Waals surface area contributed by atoms with Crippen LogP contribution in [0.4, 0.5) is 0 Å². The molecule has 1 amide bonds. The van der Waals surface area contributed by atoms with E-state index in [9.17, 15) is 13.2 Å². The lowest BCUT2D eigenvalue weighted by atomic mass is 10.2. The zero-order valence-corrected chi connectivity index (χ0v) is 18.9. The van der Waals surface area contributed by atoms with Crippen molar-refractivity contribution >= 4 is 15.9 Å². The second-order valence-electron chi connectivity index (χ2n) is 7.84. The summed E-state index contributed by atoms with van der Waals surface area (Å²) in [4.78, 5) is 14.9. The normalized spacial score (nSPS) is 17.8. The van der Waals surface area contributed by atoms with E-state index in [1.165, 1.54) is 4.31 Å². The van der Waals surface area contributed by atoms with Crippen molar-refractivity contribution in [3.05, 3.63) is 47.9 Å². The molecule has 0 radical (unpaired) electrons. The Bertz CT molecular complexity index is 1020. The smallest absolute Gasteiger partial charge is 0.238 e. The Morgan fingerprint density at radius 2 is 2.00 bits per heavy atom. The Balaban J connectivity index is 1.52. The lowest BCUT2D eigenvalue weighted by molar-refractivity contribution is -0.133. The van der Waals surface area contributed by atoms with Crippen LogP contribution in [0.2, 0.25) is 0 Å². The number of carbonyl (C=O) groups is 1. The Labute approximate surface area is 187 Å². The van der Waals surface area contributed by atoms with E-state index in [0.717, 1.165) is 18.4 Å². The maximum atomic E-state index is 13.3. The first kappa shape index (κ1) is 22.6. The minimum Gasteiger partial charge on any atom is -0.467 e. The van der Waals surface area contributed by atoms with E-state index < -0.39 is 10.0 Å². The Morgan fingerprint density at radius 1 is 1.16 bits per heavy atom. The number of nitrogens with zero attached hydrogens (tertiary/aromatic N) is 2. The van der Waals surface area contributed by atoms with Crippen LogP contribution in [0.15, 0.2) is 41.0 Å². The number of sulfonamides is 1. The van der Waals surface area contributed by atoms with Crippen LogP contribution >= 0.6 is 0 Å². The van der Waals surface area contributed by atoms with Crippen LogP contribution in [0.5, 0.6) is 11.5 Å². The summed E-state index contributed by atoms with van der Waals surface area (Å²) in [5.74, 6) is 1.51. The molecule has 1 atom stereocenters. The number of carbonyl (C=O) groups excluding carboxylic acids is 1. The molecule has 9 nitrogen and oxygen atoms in total. The molecule has 32 heavy (non-hydrogen) atoms. The van der Waals surface area contributed by atoms with Crippen LogP contribution in [0.1, 0.15) is 31.1 Å². The second kappa shape index (κ2) is 9.93. The highest BCUT2D eigenvalue weighted by Gasteiger charge is 2.30. The summed E-state index contributed by atoms with van der Waals surface area (Å²) < 4.78 is 48.5. The first-order valence-corrected chi connectivity index (χ1v) is 12.3. The van der Waals surface area contributed by atoms with Gasteiger partial charge in [-0.3, -0.25) is 4.79 Å². The van der Waals surface area contributed by atoms with Gasteiger partial charge in [0.15, 0.2) is 11.5 Å². The van der Waals surface area contributed by atoms with Crippen molar-refractivity contribution in [2.45, 2.75) is 39.0 Å². The number of hydrogen-bond acceptors (Lipinski definition) is 7. The van der Waals surface area contributed by atoms with Gasteiger partial charge < -0.3 is 23.5 Å². The van der Waals surface area contributed by atoms with E-state index in [1.54, 1.807) is 36.3 Å². The van der Waals surface area contributed by atoms with Gasteiger partial charge in [0, 0.05) is 19.7 Å². The van der Waals surface area contributed by atoms with E-state index in [1.807, 2.05) is 12.1 Å². The predicted octanol–water partition coefficient (Wildman–Crippen LogP) is 2.37. The fourth-order valence-electron chi connectivity index (χ4n) is 3.81. The fraction of sp³-hybridized carbons (Fsp3) is 0.500. The topological polar surface area (TPSA) is 98.5 Å². The molecule has 3 heterocycles. The molecule has 1 saturated heterocycles. The van der Waals surface area contributed by atoms with Crippen molar-refractivity contribution in [1.82, 2.24) is 9.21 Å². The first-order valence-electron chi connectivity index (χ1n) is 10.7. The molecule has 2 aromatic rings.